The first-order valence-electron chi connectivity index (χ1n) is 5.62. The highest BCUT2D eigenvalue weighted by Gasteiger charge is 2.03. The van der Waals surface area contributed by atoms with E-state index in [0.717, 1.165) is 31.9 Å². The Bertz CT molecular complexity index is 269. The van der Waals surface area contributed by atoms with Crippen molar-refractivity contribution >= 4 is 11.6 Å². The molecule has 1 aromatic rings. The summed E-state index contributed by atoms with van der Waals surface area (Å²) in [6.07, 6.45) is 1.83. The van der Waals surface area contributed by atoms with Crippen molar-refractivity contribution in [2.45, 2.75) is 13.5 Å². The van der Waals surface area contributed by atoms with Gasteiger partial charge in [-0.05, 0) is 18.7 Å². The third kappa shape index (κ3) is 5.45. The fourth-order valence-corrected chi connectivity index (χ4v) is 1.53. The number of hydrogen-bond acceptors (Lipinski definition) is 3. The monoisotopic (exact) mass is 242 g/mol. The van der Waals surface area contributed by atoms with Crippen LogP contribution in [0.25, 0.3) is 0 Å². The molecule has 0 aromatic carbocycles. The molecule has 0 bridgehead atoms. The number of pyridine rings is 1. The number of hydrogen-bond donors (Lipinski definition) is 0. The van der Waals surface area contributed by atoms with Crippen LogP contribution in [0.1, 0.15) is 12.6 Å². The van der Waals surface area contributed by atoms with Gasteiger partial charge in [-0.15, -0.1) is 11.6 Å². The highest BCUT2D eigenvalue weighted by Crippen LogP contribution is 2.00. The van der Waals surface area contributed by atoms with Gasteiger partial charge in [0.05, 0.1) is 18.9 Å². The molecule has 0 N–H and O–H groups in total. The van der Waals surface area contributed by atoms with Crippen molar-refractivity contribution in [3.63, 3.8) is 0 Å². The summed E-state index contributed by atoms with van der Waals surface area (Å²) in [6, 6.07) is 5.99. The van der Waals surface area contributed by atoms with Crippen LogP contribution in [0, 0.1) is 0 Å². The van der Waals surface area contributed by atoms with Crippen molar-refractivity contribution < 1.29 is 4.74 Å². The lowest BCUT2D eigenvalue weighted by Crippen LogP contribution is -2.27. The van der Waals surface area contributed by atoms with Crippen LogP contribution in [0.5, 0.6) is 0 Å². The maximum atomic E-state index is 5.53. The molecule has 0 saturated carbocycles. The van der Waals surface area contributed by atoms with Crippen LogP contribution in [-0.4, -0.2) is 42.1 Å². The van der Waals surface area contributed by atoms with E-state index in [1.54, 1.807) is 0 Å². The van der Waals surface area contributed by atoms with Crippen LogP contribution < -0.4 is 0 Å². The number of halogens is 1. The molecule has 1 aromatic heterocycles. The quantitative estimate of drug-likeness (QED) is 0.516. The fourth-order valence-electron chi connectivity index (χ4n) is 1.42. The molecule has 0 aliphatic carbocycles. The molecule has 4 heteroatoms. The molecule has 0 aliphatic heterocycles. The number of aromatic nitrogens is 1. The summed E-state index contributed by atoms with van der Waals surface area (Å²) < 4.78 is 5.36. The van der Waals surface area contributed by atoms with Crippen molar-refractivity contribution in [2.24, 2.45) is 0 Å². The Hall–Kier alpha value is -0.640. The van der Waals surface area contributed by atoms with Gasteiger partial charge in [-0.2, -0.15) is 0 Å². The molecule has 0 spiro atoms. The Morgan fingerprint density at radius 2 is 2.25 bits per heavy atom. The third-order valence-electron chi connectivity index (χ3n) is 2.33. The summed E-state index contributed by atoms with van der Waals surface area (Å²) in [7, 11) is 0. The minimum Gasteiger partial charge on any atom is -0.379 e. The van der Waals surface area contributed by atoms with Crippen LogP contribution in [0.15, 0.2) is 24.4 Å². The van der Waals surface area contributed by atoms with Gasteiger partial charge in [-0.3, -0.25) is 9.88 Å². The molecule has 0 saturated heterocycles. The lowest BCUT2D eigenvalue weighted by Gasteiger charge is -2.19. The number of likely N-dealkylation sites (N-methyl/N-ethyl adjacent to an activating group) is 1. The van der Waals surface area contributed by atoms with E-state index in [1.807, 2.05) is 24.4 Å². The molecule has 3 nitrogen and oxygen atoms in total. The molecule has 0 amide bonds. The summed E-state index contributed by atoms with van der Waals surface area (Å²) in [5.41, 5.74) is 1.10. The van der Waals surface area contributed by atoms with Crippen LogP contribution in [0.2, 0.25) is 0 Å². The Kier molecular flexibility index (Phi) is 7.14. The summed E-state index contributed by atoms with van der Waals surface area (Å²) in [4.78, 5) is 6.61. The van der Waals surface area contributed by atoms with Crippen LogP contribution in [-0.2, 0) is 11.3 Å². The minimum atomic E-state index is 0.562. The maximum Gasteiger partial charge on any atom is 0.0602 e. The smallest absolute Gasteiger partial charge is 0.0602 e. The van der Waals surface area contributed by atoms with Gasteiger partial charge >= 0.3 is 0 Å². The summed E-state index contributed by atoms with van der Waals surface area (Å²) >= 11 is 5.53. The van der Waals surface area contributed by atoms with Crippen molar-refractivity contribution in [1.29, 1.82) is 0 Å². The van der Waals surface area contributed by atoms with Crippen molar-refractivity contribution in [1.82, 2.24) is 9.88 Å². The molecule has 1 rings (SSSR count). The molecule has 0 unspecified atom stereocenters. The molecule has 0 atom stereocenters. The normalized spacial score (nSPS) is 10.9. The number of alkyl halides is 1. The zero-order valence-corrected chi connectivity index (χ0v) is 10.5. The molecular weight excluding hydrogens is 224 g/mol. The van der Waals surface area contributed by atoms with E-state index in [-0.39, 0.29) is 0 Å². The topological polar surface area (TPSA) is 25.4 Å². The first-order chi connectivity index (χ1) is 7.86. The molecule has 90 valence electrons. The second-order valence-corrected chi connectivity index (χ2v) is 3.87. The Morgan fingerprint density at radius 3 is 2.88 bits per heavy atom. The van der Waals surface area contributed by atoms with Gasteiger partial charge in [0.25, 0.3) is 0 Å². The van der Waals surface area contributed by atoms with E-state index in [2.05, 4.69) is 16.8 Å². The lowest BCUT2D eigenvalue weighted by molar-refractivity contribution is 0.113. The summed E-state index contributed by atoms with van der Waals surface area (Å²) in [6.45, 7) is 6.30. The Balaban J connectivity index is 2.26. The van der Waals surface area contributed by atoms with Gasteiger partial charge in [-0.1, -0.05) is 13.0 Å². The molecule has 0 fully saturated rings. The van der Waals surface area contributed by atoms with Gasteiger partial charge < -0.3 is 4.74 Å². The summed E-state index contributed by atoms with van der Waals surface area (Å²) in [5, 5.41) is 0. The second kappa shape index (κ2) is 8.50. The van der Waals surface area contributed by atoms with E-state index < -0.39 is 0 Å². The van der Waals surface area contributed by atoms with E-state index in [4.69, 9.17) is 16.3 Å². The van der Waals surface area contributed by atoms with Crippen molar-refractivity contribution in [3.05, 3.63) is 30.1 Å². The molecule has 16 heavy (non-hydrogen) atoms. The maximum absolute atomic E-state index is 5.53. The summed E-state index contributed by atoms with van der Waals surface area (Å²) in [5.74, 6) is 0.562. The van der Waals surface area contributed by atoms with Gasteiger partial charge in [0.1, 0.15) is 0 Å². The van der Waals surface area contributed by atoms with E-state index >= 15 is 0 Å². The first-order valence-corrected chi connectivity index (χ1v) is 6.16. The molecule has 0 radical (unpaired) electrons. The highest BCUT2D eigenvalue weighted by molar-refractivity contribution is 6.17. The van der Waals surface area contributed by atoms with Gasteiger partial charge in [-0.25, -0.2) is 0 Å². The van der Waals surface area contributed by atoms with Gasteiger partial charge in [0.2, 0.25) is 0 Å². The number of rotatable bonds is 8. The van der Waals surface area contributed by atoms with Crippen LogP contribution >= 0.6 is 11.6 Å². The molecule has 1 heterocycles. The highest BCUT2D eigenvalue weighted by atomic mass is 35.5. The van der Waals surface area contributed by atoms with Gasteiger partial charge in [0, 0.05) is 25.2 Å². The minimum absolute atomic E-state index is 0.562. The SMILES string of the molecule is CCN(CCOCCCl)Cc1ccccn1. The third-order valence-corrected chi connectivity index (χ3v) is 2.49. The standard InChI is InChI=1S/C12H19ClN2O/c1-2-15(8-10-16-9-6-13)11-12-5-3-4-7-14-12/h3-5,7H,2,6,8-11H2,1H3. The average molecular weight is 243 g/mol. The Labute approximate surface area is 102 Å². The van der Waals surface area contributed by atoms with Crippen molar-refractivity contribution in [3.8, 4) is 0 Å². The first kappa shape index (κ1) is 13.4. The van der Waals surface area contributed by atoms with Gasteiger partial charge in [0.15, 0.2) is 0 Å². The molecular formula is C12H19ClN2O. The van der Waals surface area contributed by atoms with Crippen LogP contribution in [0.3, 0.4) is 0 Å². The zero-order valence-electron chi connectivity index (χ0n) is 9.73. The van der Waals surface area contributed by atoms with E-state index in [1.165, 1.54) is 0 Å². The average Bonchev–Trinajstić information content (AvgIpc) is 2.34. The molecule has 0 aliphatic rings. The lowest BCUT2D eigenvalue weighted by atomic mass is 10.3. The zero-order chi connectivity index (χ0) is 11.6. The predicted molar refractivity (Wildman–Crippen MR) is 66.7 cm³/mol. The van der Waals surface area contributed by atoms with Crippen LogP contribution in [0.4, 0.5) is 0 Å². The van der Waals surface area contributed by atoms with Crippen molar-refractivity contribution in [2.75, 3.05) is 32.2 Å². The van der Waals surface area contributed by atoms with E-state index in [9.17, 15) is 0 Å². The van der Waals surface area contributed by atoms with E-state index in [0.29, 0.717) is 12.5 Å². The predicted octanol–water partition coefficient (Wildman–Crippen LogP) is 2.16. The largest absolute Gasteiger partial charge is 0.379 e. The Morgan fingerprint density at radius 1 is 1.38 bits per heavy atom. The fraction of sp³-hybridized carbons (Fsp3) is 0.583. The second-order valence-electron chi connectivity index (χ2n) is 3.49. The number of nitrogens with zero attached hydrogens (tertiary/aromatic N) is 2. The number of ether oxygens (including phenoxy) is 1.